The maximum atomic E-state index is 14.1. The minimum Gasteiger partial charge on any atom is -0.393 e. The number of amides is 1. The van der Waals surface area contributed by atoms with Gasteiger partial charge in [-0.2, -0.15) is 0 Å². The van der Waals surface area contributed by atoms with Gasteiger partial charge in [0, 0.05) is 33.6 Å². The smallest absolute Gasteiger partial charge is 0.393 e. The van der Waals surface area contributed by atoms with Crippen LogP contribution in [0, 0.1) is 9.28 Å². The highest BCUT2D eigenvalue weighted by atomic mass is 32.1. The van der Waals surface area contributed by atoms with Gasteiger partial charge in [0.1, 0.15) is 47.2 Å². The summed E-state index contributed by atoms with van der Waals surface area (Å²) < 4.78 is 62.5. The third-order valence-corrected chi connectivity index (χ3v) is 15.1. The number of imidazole rings is 1. The van der Waals surface area contributed by atoms with E-state index in [0.29, 0.717) is 30.6 Å². The number of nitrogen functional groups attached to an aromatic ring is 3. The maximum absolute atomic E-state index is 14.1. The number of nitrogens with one attached hydrogen (secondary N) is 4. The normalized spacial score (nSPS) is 19.1. The highest BCUT2D eigenvalue weighted by Gasteiger charge is 2.43. The average molecular weight is 1060 g/mol. The van der Waals surface area contributed by atoms with Gasteiger partial charge in [-0.25, -0.2) is 19.5 Å². The van der Waals surface area contributed by atoms with Crippen LogP contribution in [-0.2, 0) is 41.5 Å². The number of carbonyl (C=O) groups excluding carboxylic acids is 1. The fourth-order valence-corrected chi connectivity index (χ4v) is 10.4. The van der Waals surface area contributed by atoms with Crippen LogP contribution in [0.4, 0.5) is 23.4 Å². The molecule has 1 radical (unpaired) electrons. The summed E-state index contributed by atoms with van der Waals surface area (Å²) in [6, 6.07) is 0. The van der Waals surface area contributed by atoms with Gasteiger partial charge in [-0.1, -0.05) is 134 Å². The Morgan fingerprint density at radius 3 is 2.20 bits per heavy atom. The quantitative estimate of drug-likeness (QED) is 0.00887. The van der Waals surface area contributed by atoms with Gasteiger partial charge in [-0.3, -0.25) is 27.5 Å². The minimum absolute atomic E-state index is 0.0509. The van der Waals surface area contributed by atoms with Crippen molar-refractivity contribution in [2.24, 2.45) is 0 Å². The van der Waals surface area contributed by atoms with Crippen LogP contribution in [0.3, 0.4) is 0 Å². The Kier molecular flexibility index (Phi) is 26.2. The zero-order chi connectivity index (χ0) is 51.1. The number of phosphoric acid groups is 1. The van der Waals surface area contributed by atoms with Crippen molar-refractivity contribution in [1.29, 1.82) is 0 Å². The number of aliphatic hydroxyl groups excluding tert-OH is 2. The zero-order valence-corrected chi connectivity index (χ0v) is 44.1. The van der Waals surface area contributed by atoms with Gasteiger partial charge < -0.3 is 66.9 Å². The second-order valence-electron chi connectivity index (χ2n) is 17.4. The van der Waals surface area contributed by atoms with Crippen molar-refractivity contribution in [2.75, 3.05) is 56.5 Å². The second kappa shape index (κ2) is 30.8. The first-order valence-corrected chi connectivity index (χ1v) is 28.2. The molecule has 0 aromatic carbocycles. The molecule has 8 unspecified atom stereocenters. The first-order valence-electron chi connectivity index (χ1n) is 24.2. The van der Waals surface area contributed by atoms with E-state index >= 15 is 0 Å². The van der Waals surface area contributed by atoms with E-state index in [9.17, 15) is 29.0 Å². The Balaban J connectivity index is 1.22. The molecule has 1 aliphatic heterocycles. The number of nitrogens with two attached hydrogens (primary N) is 3. The molecule has 0 spiro atoms. The lowest BCUT2D eigenvalue weighted by Crippen LogP contribution is -2.47. The molecule has 3 aromatic heterocycles. The van der Waals surface area contributed by atoms with Crippen molar-refractivity contribution < 1.29 is 56.6 Å². The molecule has 23 nitrogen and oxygen atoms in total. The highest BCUT2D eigenvalue weighted by molar-refractivity contribution is 7.82. The van der Waals surface area contributed by atoms with Gasteiger partial charge in [-0.15, -0.1) is 0 Å². The molecule has 3 aromatic rings. The molecule has 4 heterocycles. The van der Waals surface area contributed by atoms with Crippen molar-refractivity contribution in [2.45, 2.75) is 172 Å². The topological polar surface area (TPSA) is 345 Å². The number of H-pyrrole nitrogens is 2. The molecule has 8 atom stereocenters. The molecule has 70 heavy (non-hydrogen) atoms. The van der Waals surface area contributed by atoms with E-state index in [0.717, 1.165) is 46.2 Å². The summed E-state index contributed by atoms with van der Waals surface area (Å²) in [7, 11) is -6.81. The summed E-state index contributed by atoms with van der Waals surface area (Å²) in [6.07, 6.45) is 13.5. The summed E-state index contributed by atoms with van der Waals surface area (Å²) in [5, 5.41) is 28.1. The van der Waals surface area contributed by atoms with E-state index < -0.39 is 65.4 Å². The fraction of sp³-hybridized carbons (Fsp3) is 0.762. The third kappa shape index (κ3) is 20.1. The molecule has 28 heteroatoms. The number of fused-ring (bicyclic) bond motifs is 1. The van der Waals surface area contributed by atoms with Crippen molar-refractivity contribution in [3.05, 3.63) is 15.6 Å². The van der Waals surface area contributed by atoms with Crippen LogP contribution in [0.2, 0.25) is 6.32 Å². The highest BCUT2D eigenvalue weighted by Crippen LogP contribution is 2.52. The van der Waals surface area contributed by atoms with Gasteiger partial charge >= 0.3 is 7.82 Å². The van der Waals surface area contributed by atoms with Gasteiger partial charge in [0.05, 0.1) is 25.6 Å². The molecule has 4 rings (SSSR count). The average Bonchev–Trinajstić information content (AvgIpc) is 3.92. The third-order valence-electron chi connectivity index (χ3n) is 11.8. The van der Waals surface area contributed by atoms with E-state index in [2.05, 4.69) is 42.5 Å². The monoisotopic (exact) mass is 1060 g/mol. The molecule has 1 amide bonds. The molecule has 1 saturated heterocycles. The molecular weight excluding hydrogens is 987 g/mol. The number of phosphoric ester groups is 1. The lowest BCUT2D eigenvalue weighted by atomic mass is 9.97. The predicted molar refractivity (Wildman–Crippen MR) is 274 cm³/mol. The molecule has 13 N–H and O–H groups in total. The number of rotatable bonds is 37. The number of anilines is 4. The Morgan fingerprint density at radius 2 is 1.54 bits per heavy atom. The Morgan fingerprint density at radius 1 is 0.929 bits per heavy atom. The summed E-state index contributed by atoms with van der Waals surface area (Å²) in [5.74, 6) is -0.121. The molecule has 1 fully saturated rings. The van der Waals surface area contributed by atoms with E-state index in [-0.39, 0.29) is 51.3 Å². The number of ether oxygens (including phenoxy) is 2. The maximum Gasteiger partial charge on any atom is 0.475 e. The van der Waals surface area contributed by atoms with E-state index in [1.54, 1.807) is 4.57 Å². The Bertz CT molecular complexity index is 2270. The summed E-state index contributed by atoms with van der Waals surface area (Å²) in [6.45, 7) is 2.79. The van der Waals surface area contributed by atoms with Gasteiger partial charge in [0.25, 0.3) is 14.5 Å². The first kappa shape index (κ1) is 59.5. The molecule has 1 aliphatic rings. The number of hydrogen-bond donors (Lipinski definition) is 10. The van der Waals surface area contributed by atoms with E-state index in [1.807, 2.05) is 0 Å². The SMILES string of the molecule is CCCCCCCCCCCCCCCC(=O)NCCCCCC[B]P(=O)(O)OCC(OC)C(OP(=O)(OC)OCC1OC(n2cnc3c(=S)nc(N)[nH]c32)CC1O)C(O)Nc1[nH]c(N)nc(=S)c1N. The van der Waals surface area contributed by atoms with Crippen molar-refractivity contribution in [1.82, 2.24) is 34.8 Å². The van der Waals surface area contributed by atoms with Gasteiger partial charge in [0.15, 0.2) is 27.4 Å². The number of unbranched alkanes of at least 4 members (excludes halogenated alkanes) is 15. The van der Waals surface area contributed by atoms with Crippen LogP contribution in [0.15, 0.2) is 6.33 Å². The van der Waals surface area contributed by atoms with Crippen molar-refractivity contribution in [3.63, 3.8) is 0 Å². The standard InChI is InChI=1S/C42H75BN11O12P2S2/c1-4-5-6-7-8-9-10-11-12-13-14-15-18-21-31(56)47-23-20-17-16-19-22-43-67(58,59)63-26-30(61-2)35(38(57)49-36-33(44)39(69)52-41(45)50-36)66-68(60,62-3)64-25-29-28(55)24-32(65-29)54-27-48-34-37(54)51-42(46)53-40(34)70/h27-30,32,35,38,55,57H,4-26,44H2,1-3H3,(H,47,56)(H,58,59)(H3,46,51,53,70)(H4,45,49,50,52,69). The largest absolute Gasteiger partial charge is 0.475 e. The molecular formula is C42H75BN11O12P2S2. The molecule has 0 bridgehead atoms. The lowest BCUT2D eigenvalue weighted by Gasteiger charge is -2.33. The molecule has 395 valence electrons. The lowest BCUT2D eigenvalue weighted by molar-refractivity contribution is -0.121. The zero-order valence-electron chi connectivity index (χ0n) is 40.6. The number of hydrogen-bond acceptors (Lipinski definition) is 20. The Hall–Kier alpha value is -3.10. The predicted octanol–water partition coefficient (Wildman–Crippen LogP) is 7.34. The minimum atomic E-state index is -4.70. The van der Waals surface area contributed by atoms with E-state index in [4.69, 9.17) is 69.2 Å². The summed E-state index contributed by atoms with van der Waals surface area (Å²) in [4.78, 5) is 40.7. The van der Waals surface area contributed by atoms with Crippen LogP contribution < -0.4 is 27.8 Å². The molecule has 0 saturated carbocycles. The van der Waals surface area contributed by atoms with Gasteiger partial charge in [0.2, 0.25) is 5.91 Å². The van der Waals surface area contributed by atoms with Crippen LogP contribution in [-0.4, -0.2) is 122 Å². The summed E-state index contributed by atoms with van der Waals surface area (Å²) in [5.41, 5.74) is 18.4. The number of aromatic nitrogens is 6. The van der Waals surface area contributed by atoms with Crippen LogP contribution in [0.1, 0.15) is 135 Å². The van der Waals surface area contributed by atoms with Crippen LogP contribution >= 0.6 is 39.7 Å². The number of carbonyl (C=O) groups is 1. The van der Waals surface area contributed by atoms with E-state index in [1.165, 1.54) is 84.1 Å². The number of nitrogens with zero attached hydrogens (tertiary/aromatic N) is 4. The number of aromatic amines is 2. The number of methoxy groups -OCH3 is 1. The van der Waals surface area contributed by atoms with Crippen LogP contribution in [0.25, 0.3) is 11.2 Å². The Labute approximate surface area is 421 Å². The second-order valence-corrected chi connectivity index (χ2v) is 21.6. The first-order chi connectivity index (χ1) is 33.5. The number of aliphatic hydroxyl groups is 2. The summed E-state index contributed by atoms with van der Waals surface area (Å²) >= 11 is 10.4. The van der Waals surface area contributed by atoms with Crippen molar-refractivity contribution in [3.8, 4) is 0 Å². The van der Waals surface area contributed by atoms with Crippen LogP contribution in [0.5, 0.6) is 0 Å². The molecule has 0 aliphatic carbocycles. The fourth-order valence-electron chi connectivity index (χ4n) is 7.85. The van der Waals surface area contributed by atoms with Crippen molar-refractivity contribution >= 4 is 87.2 Å². The van der Waals surface area contributed by atoms with Gasteiger partial charge in [-0.05, 0) is 12.8 Å².